The number of carbonyl (C=O) groups excluding carboxylic acids is 1. The molecule has 0 bridgehead atoms. The number of aldehydes is 1. The zero-order valence-corrected chi connectivity index (χ0v) is 9.63. The Morgan fingerprint density at radius 2 is 2.24 bits per heavy atom. The molecule has 1 saturated carbocycles. The molecule has 1 aromatic carbocycles. The molecule has 0 atom stereocenters. The van der Waals surface area contributed by atoms with Crippen LogP contribution in [0.15, 0.2) is 30.5 Å². The van der Waals surface area contributed by atoms with E-state index < -0.39 is 0 Å². The van der Waals surface area contributed by atoms with Crippen LogP contribution in [0.3, 0.4) is 0 Å². The maximum absolute atomic E-state index is 10.8. The highest BCUT2D eigenvalue weighted by molar-refractivity contribution is 5.87. The lowest BCUT2D eigenvalue weighted by atomic mass is 10.2. The van der Waals surface area contributed by atoms with E-state index in [2.05, 4.69) is 0 Å². The van der Waals surface area contributed by atoms with E-state index >= 15 is 0 Å². The van der Waals surface area contributed by atoms with Crippen molar-refractivity contribution in [3.8, 4) is 0 Å². The predicted octanol–water partition coefficient (Wildman–Crippen LogP) is 2.84. The van der Waals surface area contributed by atoms with Crippen molar-refractivity contribution in [2.24, 2.45) is 5.92 Å². The molecular weight excluding hydrogens is 214 g/mol. The van der Waals surface area contributed by atoms with Crippen LogP contribution in [0.2, 0.25) is 0 Å². The fourth-order valence-electron chi connectivity index (χ4n) is 1.99. The SMILES string of the molecule is O=Cc1ccc2ccn(COCC3CC3)c2c1. The average Bonchev–Trinajstić information content (AvgIpc) is 3.10. The van der Waals surface area contributed by atoms with Gasteiger partial charge in [0.15, 0.2) is 0 Å². The standard InChI is InChI=1S/C14H15NO2/c16-8-12-3-4-13-5-6-15(14(13)7-12)10-17-9-11-1-2-11/h3-8,11H,1-2,9-10H2. The van der Waals surface area contributed by atoms with E-state index in [1.54, 1.807) is 0 Å². The lowest BCUT2D eigenvalue weighted by molar-refractivity contribution is 0.0717. The molecular formula is C14H15NO2. The number of hydrogen-bond donors (Lipinski definition) is 0. The lowest BCUT2D eigenvalue weighted by Gasteiger charge is -2.06. The van der Waals surface area contributed by atoms with Crippen LogP contribution in [0.25, 0.3) is 10.9 Å². The molecule has 0 unspecified atom stereocenters. The van der Waals surface area contributed by atoms with Crippen molar-refractivity contribution in [2.75, 3.05) is 6.61 Å². The number of ether oxygens (including phenoxy) is 1. The van der Waals surface area contributed by atoms with E-state index in [-0.39, 0.29) is 0 Å². The highest BCUT2D eigenvalue weighted by atomic mass is 16.5. The van der Waals surface area contributed by atoms with Gasteiger partial charge in [-0.15, -0.1) is 0 Å². The summed E-state index contributed by atoms with van der Waals surface area (Å²) in [5.74, 6) is 0.780. The third-order valence-corrected chi connectivity index (χ3v) is 3.21. The van der Waals surface area contributed by atoms with Crippen molar-refractivity contribution < 1.29 is 9.53 Å². The van der Waals surface area contributed by atoms with E-state index in [9.17, 15) is 4.79 Å². The molecule has 0 amide bonds. The summed E-state index contributed by atoms with van der Waals surface area (Å²) in [6.07, 6.45) is 5.50. The fraction of sp³-hybridized carbons (Fsp3) is 0.357. The van der Waals surface area contributed by atoms with Gasteiger partial charge in [-0.2, -0.15) is 0 Å². The summed E-state index contributed by atoms with van der Waals surface area (Å²) in [6, 6.07) is 7.76. The fourth-order valence-corrected chi connectivity index (χ4v) is 1.99. The number of benzene rings is 1. The maximum Gasteiger partial charge on any atom is 0.150 e. The van der Waals surface area contributed by atoms with Crippen LogP contribution in [0.1, 0.15) is 23.2 Å². The summed E-state index contributed by atoms with van der Waals surface area (Å²) in [5.41, 5.74) is 1.77. The summed E-state index contributed by atoms with van der Waals surface area (Å²) >= 11 is 0. The summed E-state index contributed by atoms with van der Waals surface area (Å²) in [5, 5.41) is 1.14. The number of hydrogen-bond acceptors (Lipinski definition) is 2. The van der Waals surface area contributed by atoms with Gasteiger partial charge in [-0.05, 0) is 36.3 Å². The molecule has 88 valence electrons. The number of rotatable bonds is 5. The normalized spacial score (nSPS) is 15.3. The van der Waals surface area contributed by atoms with Crippen LogP contribution in [-0.4, -0.2) is 17.5 Å². The monoisotopic (exact) mass is 229 g/mol. The Bertz CT molecular complexity index is 540. The second kappa shape index (κ2) is 4.34. The van der Waals surface area contributed by atoms with Crippen LogP contribution in [0, 0.1) is 5.92 Å². The smallest absolute Gasteiger partial charge is 0.150 e. The van der Waals surface area contributed by atoms with Gasteiger partial charge in [0.25, 0.3) is 0 Å². The molecule has 1 aliphatic rings. The van der Waals surface area contributed by atoms with Gasteiger partial charge in [-0.3, -0.25) is 4.79 Å². The zero-order valence-electron chi connectivity index (χ0n) is 9.63. The minimum Gasteiger partial charge on any atom is -0.360 e. The van der Waals surface area contributed by atoms with Crippen molar-refractivity contribution in [3.63, 3.8) is 0 Å². The molecule has 1 fully saturated rings. The van der Waals surface area contributed by atoms with Gasteiger partial charge in [-0.1, -0.05) is 12.1 Å². The Morgan fingerprint density at radius 1 is 1.35 bits per heavy atom. The number of carbonyl (C=O) groups is 1. The van der Waals surface area contributed by atoms with E-state index in [4.69, 9.17) is 4.74 Å². The van der Waals surface area contributed by atoms with E-state index in [1.165, 1.54) is 12.8 Å². The van der Waals surface area contributed by atoms with Crippen LogP contribution in [-0.2, 0) is 11.5 Å². The Kier molecular flexibility index (Phi) is 2.69. The zero-order chi connectivity index (χ0) is 11.7. The minimum absolute atomic E-state index is 0.572. The Labute approximate surface area is 100.0 Å². The van der Waals surface area contributed by atoms with E-state index in [0.717, 1.165) is 29.7 Å². The van der Waals surface area contributed by atoms with Crippen molar-refractivity contribution >= 4 is 17.2 Å². The largest absolute Gasteiger partial charge is 0.360 e. The van der Waals surface area contributed by atoms with Gasteiger partial charge < -0.3 is 9.30 Å². The minimum atomic E-state index is 0.572. The van der Waals surface area contributed by atoms with Crippen molar-refractivity contribution in [3.05, 3.63) is 36.0 Å². The van der Waals surface area contributed by atoms with Gasteiger partial charge in [0.2, 0.25) is 0 Å². The van der Waals surface area contributed by atoms with Gasteiger partial charge in [-0.25, -0.2) is 0 Å². The quantitative estimate of drug-likeness (QED) is 0.738. The summed E-state index contributed by atoms with van der Waals surface area (Å²) in [4.78, 5) is 10.8. The van der Waals surface area contributed by atoms with Crippen molar-refractivity contribution in [2.45, 2.75) is 19.6 Å². The van der Waals surface area contributed by atoms with Crippen LogP contribution >= 0.6 is 0 Å². The topological polar surface area (TPSA) is 31.2 Å². The molecule has 0 saturated heterocycles. The maximum atomic E-state index is 10.8. The van der Waals surface area contributed by atoms with Crippen molar-refractivity contribution in [1.29, 1.82) is 0 Å². The Morgan fingerprint density at radius 3 is 3.00 bits per heavy atom. The molecule has 3 nitrogen and oxygen atoms in total. The third kappa shape index (κ3) is 2.24. The van der Waals surface area contributed by atoms with Gasteiger partial charge in [0.05, 0.1) is 12.1 Å². The molecule has 1 aliphatic carbocycles. The number of fused-ring (bicyclic) bond motifs is 1. The molecule has 2 aromatic rings. The summed E-state index contributed by atoms with van der Waals surface area (Å²) < 4.78 is 7.70. The van der Waals surface area contributed by atoms with Gasteiger partial charge in [0, 0.05) is 11.8 Å². The highest BCUT2D eigenvalue weighted by Crippen LogP contribution is 2.29. The van der Waals surface area contributed by atoms with E-state index in [1.807, 2.05) is 35.0 Å². The molecule has 1 heterocycles. The molecule has 1 aromatic heterocycles. The van der Waals surface area contributed by atoms with Crippen LogP contribution in [0.5, 0.6) is 0 Å². The molecule has 3 rings (SSSR count). The third-order valence-electron chi connectivity index (χ3n) is 3.21. The number of nitrogens with zero attached hydrogens (tertiary/aromatic N) is 1. The first-order valence-corrected chi connectivity index (χ1v) is 5.98. The lowest BCUT2D eigenvalue weighted by Crippen LogP contribution is -2.03. The Hall–Kier alpha value is -1.61. The second-order valence-electron chi connectivity index (χ2n) is 4.66. The first-order valence-electron chi connectivity index (χ1n) is 5.98. The molecule has 0 N–H and O–H groups in total. The van der Waals surface area contributed by atoms with E-state index in [0.29, 0.717) is 12.3 Å². The van der Waals surface area contributed by atoms with Crippen molar-refractivity contribution in [1.82, 2.24) is 4.57 Å². The predicted molar refractivity (Wildman–Crippen MR) is 66.0 cm³/mol. The Balaban J connectivity index is 1.79. The van der Waals surface area contributed by atoms with Crippen LogP contribution < -0.4 is 0 Å². The molecule has 0 spiro atoms. The number of aromatic nitrogens is 1. The average molecular weight is 229 g/mol. The van der Waals surface area contributed by atoms with Crippen LogP contribution in [0.4, 0.5) is 0 Å². The molecule has 0 aliphatic heterocycles. The first-order chi connectivity index (χ1) is 8.36. The second-order valence-corrected chi connectivity index (χ2v) is 4.66. The summed E-state index contributed by atoms with van der Waals surface area (Å²) in [6.45, 7) is 1.43. The van der Waals surface area contributed by atoms with Gasteiger partial charge in [0.1, 0.15) is 13.0 Å². The molecule has 17 heavy (non-hydrogen) atoms. The molecule has 3 heteroatoms. The van der Waals surface area contributed by atoms with Gasteiger partial charge >= 0.3 is 0 Å². The highest BCUT2D eigenvalue weighted by Gasteiger charge is 2.21. The molecule has 0 radical (unpaired) electrons. The summed E-state index contributed by atoms with van der Waals surface area (Å²) in [7, 11) is 0. The first kappa shape index (κ1) is 10.5.